The predicted molar refractivity (Wildman–Crippen MR) is 86.7 cm³/mol. The molecule has 2 N–H and O–H groups in total. The molecule has 6 heteroatoms. The molecule has 4 nitrogen and oxygen atoms in total. The highest BCUT2D eigenvalue weighted by Crippen LogP contribution is 2.38. The highest BCUT2D eigenvalue weighted by atomic mass is 32.2. The zero-order valence-electron chi connectivity index (χ0n) is 10.9. The molecule has 0 unspecified atom stereocenters. The van der Waals surface area contributed by atoms with Gasteiger partial charge in [0.15, 0.2) is 4.32 Å². The Kier molecular flexibility index (Phi) is 3.37. The predicted octanol–water partition coefficient (Wildman–Crippen LogP) is 2.49. The number of nitrogens with zero attached hydrogens (tertiary/aromatic N) is 2. The van der Waals surface area contributed by atoms with Gasteiger partial charge in [-0.25, -0.2) is 10.9 Å². The van der Waals surface area contributed by atoms with Crippen LogP contribution in [0, 0.1) is 0 Å². The molecular weight excluding hydrogens is 290 g/mol. The van der Waals surface area contributed by atoms with Gasteiger partial charge in [0.2, 0.25) is 0 Å². The number of carbonyl (C=O) groups excluding carboxylic acids is 1. The molecule has 0 aliphatic carbocycles. The Balaban J connectivity index is 2.13. The fraction of sp³-hybridized carbons (Fsp3) is 0.143. The van der Waals surface area contributed by atoms with Crippen molar-refractivity contribution in [2.45, 2.75) is 6.92 Å². The molecule has 1 aromatic rings. The molecule has 1 fully saturated rings. The van der Waals surface area contributed by atoms with Crippen LogP contribution in [-0.4, -0.2) is 21.8 Å². The van der Waals surface area contributed by atoms with Crippen molar-refractivity contribution in [3.05, 3.63) is 46.5 Å². The number of likely N-dealkylation sites (N-methyl/N-ethyl adjacent to an activating group) is 1. The molecule has 20 heavy (non-hydrogen) atoms. The maximum absolute atomic E-state index is 12.2. The Morgan fingerprint density at radius 3 is 2.70 bits per heavy atom. The first-order valence-electron chi connectivity index (χ1n) is 6.23. The van der Waals surface area contributed by atoms with E-state index in [2.05, 4.69) is 17.9 Å². The number of fused-ring (bicyclic) bond motifs is 1. The molecule has 0 bridgehead atoms. The third kappa shape index (κ3) is 1.96. The Bertz CT molecular complexity index is 666. The molecule has 2 heterocycles. The molecule has 2 aliphatic rings. The van der Waals surface area contributed by atoms with Gasteiger partial charge in [-0.2, -0.15) is 0 Å². The summed E-state index contributed by atoms with van der Waals surface area (Å²) in [6, 6.07) is 8.10. The number of hydrazine groups is 1. The molecule has 0 radical (unpaired) electrons. The first-order valence-corrected chi connectivity index (χ1v) is 7.46. The Hall–Kier alpha value is -1.63. The summed E-state index contributed by atoms with van der Waals surface area (Å²) in [6.45, 7) is 2.82. The van der Waals surface area contributed by atoms with Crippen LogP contribution >= 0.6 is 24.0 Å². The molecule has 0 atom stereocenters. The summed E-state index contributed by atoms with van der Waals surface area (Å²) >= 11 is 6.34. The molecule has 0 aromatic heterocycles. The van der Waals surface area contributed by atoms with Gasteiger partial charge in [-0.15, -0.1) is 0 Å². The second-order valence-corrected chi connectivity index (χ2v) is 6.04. The van der Waals surface area contributed by atoms with Gasteiger partial charge in [0, 0.05) is 12.2 Å². The lowest BCUT2D eigenvalue weighted by molar-refractivity contribution is -0.122. The second kappa shape index (κ2) is 5.05. The number of amides is 1. The lowest BCUT2D eigenvalue weighted by Gasteiger charge is -2.30. The Morgan fingerprint density at radius 1 is 1.30 bits per heavy atom. The van der Waals surface area contributed by atoms with Crippen LogP contribution in [0.5, 0.6) is 0 Å². The van der Waals surface area contributed by atoms with Crippen LogP contribution < -0.4 is 10.7 Å². The number of nitrogens with two attached hydrogens (primary N) is 1. The summed E-state index contributed by atoms with van der Waals surface area (Å²) in [7, 11) is 0. The van der Waals surface area contributed by atoms with Crippen LogP contribution in [0.3, 0.4) is 0 Å². The van der Waals surface area contributed by atoms with Gasteiger partial charge in [-0.05, 0) is 24.6 Å². The number of carbonyl (C=O) groups is 1. The van der Waals surface area contributed by atoms with Crippen LogP contribution in [0.1, 0.15) is 12.5 Å². The fourth-order valence-electron chi connectivity index (χ4n) is 2.34. The number of rotatable bonds is 1. The van der Waals surface area contributed by atoms with Gasteiger partial charge in [-0.3, -0.25) is 4.79 Å². The van der Waals surface area contributed by atoms with Crippen molar-refractivity contribution in [1.82, 2.24) is 5.01 Å². The lowest BCUT2D eigenvalue weighted by Crippen LogP contribution is -2.35. The molecule has 102 valence electrons. The van der Waals surface area contributed by atoms with Crippen molar-refractivity contribution in [2.75, 3.05) is 11.4 Å². The van der Waals surface area contributed by atoms with Gasteiger partial charge in [-0.1, -0.05) is 48.3 Å². The molecule has 1 saturated heterocycles. The van der Waals surface area contributed by atoms with E-state index in [4.69, 9.17) is 18.1 Å². The first kappa shape index (κ1) is 13.4. The van der Waals surface area contributed by atoms with Crippen molar-refractivity contribution in [1.29, 1.82) is 0 Å². The zero-order chi connectivity index (χ0) is 14.3. The minimum absolute atomic E-state index is 0.238. The summed E-state index contributed by atoms with van der Waals surface area (Å²) in [4.78, 5) is 14.9. The van der Waals surface area contributed by atoms with Crippen LogP contribution in [0.2, 0.25) is 0 Å². The van der Waals surface area contributed by atoms with E-state index in [-0.39, 0.29) is 5.91 Å². The molecule has 1 aromatic carbocycles. The third-order valence-electron chi connectivity index (χ3n) is 3.29. The number of thioether (sulfide) groups is 1. The zero-order valence-corrected chi connectivity index (χ0v) is 12.5. The van der Waals surface area contributed by atoms with Gasteiger partial charge in [0.05, 0.1) is 5.70 Å². The van der Waals surface area contributed by atoms with E-state index in [1.54, 1.807) is 0 Å². The van der Waals surface area contributed by atoms with Crippen molar-refractivity contribution in [2.24, 2.45) is 5.84 Å². The van der Waals surface area contributed by atoms with E-state index in [9.17, 15) is 4.79 Å². The average molecular weight is 303 g/mol. The summed E-state index contributed by atoms with van der Waals surface area (Å²) < 4.78 is 0.390. The van der Waals surface area contributed by atoms with Gasteiger partial charge in [0.1, 0.15) is 4.91 Å². The number of thiocarbonyl (C=S) groups is 1. The molecule has 0 spiro atoms. The van der Waals surface area contributed by atoms with Crippen molar-refractivity contribution < 1.29 is 4.79 Å². The van der Waals surface area contributed by atoms with E-state index < -0.39 is 0 Å². The normalized spacial score (nSPS) is 21.7. The summed E-state index contributed by atoms with van der Waals surface area (Å²) in [5, 5.41) is 1.03. The van der Waals surface area contributed by atoms with Gasteiger partial charge < -0.3 is 4.90 Å². The summed E-state index contributed by atoms with van der Waals surface area (Å²) in [5.74, 6) is 5.41. The van der Waals surface area contributed by atoms with E-state index in [0.717, 1.165) is 28.5 Å². The number of para-hydroxylation sites is 1. The molecule has 3 rings (SSSR count). The van der Waals surface area contributed by atoms with E-state index in [0.29, 0.717) is 9.23 Å². The maximum atomic E-state index is 12.2. The van der Waals surface area contributed by atoms with Crippen LogP contribution in [0.25, 0.3) is 6.08 Å². The van der Waals surface area contributed by atoms with Crippen molar-refractivity contribution in [3.8, 4) is 0 Å². The monoisotopic (exact) mass is 303 g/mol. The van der Waals surface area contributed by atoms with Crippen LogP contribution in [-0.2, 0) is 4.79 Å². The SMILES string of the molecule is CCN1/C(=C2\SC(=S)N(N)C2=O)C=Cc2ccccc21. The van der Waals surface area contributed by atoms with Crippen molar-refractivity contribution >= 4 is 46.0 Å². The first-order chi connectivity index (χ1) is 9.63. The highest BCUT2D eigenvalue weighted by molar-refractivity contribution is 8.26. The molecule has 1 amide bonds. The topological polar surface area (TPSA) is 49.6 Å². The van der Waals surface area contributed by atoms with E-state index in [1.165, 1.54) is 11.8 Å². The third-order valence-corrected chi connectivity index (χ3v) is 4.69. The standard InChI is InChI=1S/C14H13N3OS2/c1-2-16-10-6-4-3-5-9(10)7-8-11(16)12-13(18)17(15)14(19)20-12/h3-8H,2,15H2,1H3/b12-11-. The van der Waals surface area contributed by atoms with E-state index >= 15 is 0 Å². The number of hydrogen-bond donors (Lipinski definition) is 1. The number of hydrogen-bond acceptors (Lipinski definition) is 5. The number of anilines is 1. The van der Waals surface area contributed by atoms with Crippen molar-refractivity contribution in [3.63, 3.8) is 0 Å². The quantitative estimate of drug-likeness (QED) is 0.374. The molecule has 0 saturated carbocycles. The van der Waals surface area contributed by atoms with Gasteiger partial charge >= 0.3 is 0 Å². The highest BCUT2D eigenvalue weighted by Gasteiger charge is 2.34. The lowest BCUT2D eigenvalue weighted by atomic mass is 10.1. The largest absolute Gasteiger partial charge is 0.340 e. The second-order valence-electron chi connectivity index (χ2n) is 4.39. The minimum Gasteiger partial charge on any atom is -0.340 e. The average Bonchev–Trinajstić information content (AvgIpc) is 2.73. The maximum Gasteiger partial charge on any atom is 0.282 e. The Labute approximate surface area is 126 Å². The minimum atomic E-state index is -0.238. The van der Waals surface area contributed by atoms with E-state index in [1.807, 2.05) is 30.4 Å². The molecular formula is C14H13N3OS2. The van der Waals surface area contributed by atoms with Crippen LogP contribution in [0.15, 0.2) is 40.9 Å². The summed E-state index contributed by atoms with van der Waals surface area (Å²) in [6.07, 6.45) is 3.97. The Morgan fingerprint density at radius 2 is 2.05 bits per heavy atom. The van der Waals surface area contributed by atoms with Crippen LogP contribution in [0.4, 0.5) is 5.69 Å². The fourth-order valence-corrected chi connectivity index (χ4v) is 3.49. The summed E-state index contributed by atoms with van der Waals surface area (Å²) in [5.41, 5.74) is 3.09. The number of benzene rings is 1. The smallest absolute Gasteiger partial charge is 0.282 e. The molecule has 2 aliphatic heterocycles. The number of allylic oxidation sites excluding steroid dienone is 1. The van der Waals surface area contributed by atoms with Gasteiger partial charge in [0.25, 0.3) is 5.91 Å².